The van der Waals surface area contributed by atoms with Crippen LogP contribution in [0.2, 0.25) is 0 Å². The zero-order valence-corrected chi connectivity index (χ0v) is 31.7. The molecule has 1 aliphatic rings. The van der Waals surface area contributed by atoms with Gasteiger partial charge in [-0.1, -0.05) is 141 Å². The molecule has 5 aromatic carbocycles. The number of benzene rings is 5. The minimum absolute atomic E-state index is 0.972. The van der Waals surface area contributed by atoms with Crippen LogP contribution in [-0.4, -0.2) is 14.1 Å². The highest BCUT2D eigenvalue weighted by Crippen LogP contribution is 2.40. The Balaban J connectivity index is 0.000000519. The zero-order chi connectivity index (χ0) is 36.3. The number of fused-ring (bicyclic) bond motifs is 7. The van der Waals surface area contributed by atoms with Crippen LogP contribution in [0, 0.1) is 0 Å². The summed E-state index contributed by atoms with van der Waals surface area (Å²) in [5.74, 6) is 0. The lowest BCUT2D eigenvalue weighted by molar-refractivity contribution is 0.979. The van der Waals surface area contributed by atoms with Gasteiger partial charge in [0.15, 0.2) is 0 Å². The van der Waals surface area contributed by atoms with Gasteiger partial charge in [-0.2, -0.15) is 0 Å². The number of nitrogens with zero attached hydrogens (tertiary/aromatic N) is 3. The van der Waals surface area contributed by atoms with Gasteiger partial charge in [0.2, 0.25) is 0 Å². The molecule has 3 aromatic heterocycles. The van der Waals surface area contributed by atoms with E-state index in [2.05, 4.69) is 150 Å². The van der Waals surface area contributed by atoms with E-state index >= 15 is 0 Å². The largest absolute Gasteiger partial charge is 0.309 e. The number of aromatic nitrogens is 3. The lowest BCUT2D eigenvalue weighted by atomic mass is 9.91. The highest BCUT2D eigenvalue weighted by Gasteiger charge is 2.23. The van der Waals surface area contributed by atoms with Gasteiger partial charge in [0, 0.05) is 33.9 Å². The number of hydrogen-bond donors (Lipinski definition) is 0. The predicted octanol–water partition coefficient (Wildman–Crippen LogP) is 14.3. The van der Waals surface area contributed by atoms with Crippen molar-refractivity contribution < 1.29 is 0 Å². The molecule has 0 saturated heterocycles. The molecular weight excluding hydrogens is 619 g/mol. The highest BCUT2D eigenvalue weighted by atomic mass is 15.0. The molecule has 0 unspecified atom stereocenters. The number of aryl methyl sites for hydroxylation is 1. The molecule has 0 atom stereocenters. The first kappa shape index (κ1) is 36.9. The van der Waals surface area contributed by atoms with Crippen molar-refractivity contribution >= 4 is 55.3 Å². The van der Waals surface area contributed by atoms with Crippen LogP contribution in [0.1, 0.15) is 85.1 Å². The fourth-order valence-electron chi connectivity index (χ4n) is 6.94. The molecule has 0 spiro atoms. The van der Waals surface area contributed by atoms with Gasteiger partial charge in [-0.05, 0) is 89.4 Å². The third kappa shape index (κ3) is 7.12. The smallest absolute Gasteiger partial charge is 0.0923 e. The average Bonchev–Trinajstić information content (AvgIpc) is 3.73. The molecule has 0 fully saturated rings. The van der Waals surface area contributed by atoms with E-state index in [1.807, 2.05) is 53.8 Å². The van der Waals surface area contributed by atoms with Crippen molar-refractivity contribution in [3.8, 4) is 11.4 Å². The molecule has 0 radical (unpaired) electrons. The Bertz CT molecular complexity index is 2370. The molecule has 3 heterocycles. The molecule has 51 heavy (non-hydrogen) atoms. The number of rotatable bonds is 3. The SMILES string of the molecule is C1=C(c2ccc3c4ccccc4n(-c4ccc5ccccc5c4)c3c2)CCc2c1n(-c1ccccc1)c1cccnc21.CC.CC.CC.CCC. The zero-order valence-electron chi connectivity index (χ0n) is 31.7. The number of allylic oxidation sites excluding steroid dienone is 1. The van der Waals surface area contributed by atoms with Crippen molar-refractivity contribution in [2.75, 3.05) is 0 Å². The monoisotopic (exact) mass is 671 g/mol. The molecule has 0 bridgehead atoms. The predicted molar refractivity (Wildman–Crippen MR) is 226 cm³/mol. The second-order valence-corrected chi connectivity index (χ2v) is 11.9. The summed E-state index contributed by atoms with van der Waals surface area (Å²) in [7, 11) is 0. The van der Waals surface area contributed by atoms with Crippen LogP contribution < -0.4 is 0 Å². The molecule has 0 N–H and O–H groups in total. The normalized spacial score (nSPS) is 11.6. The van der Waals surface area contributed by atoms with Gasteiger partial charge in [0.1, 0.15) is 0 Å². The van der Waals surface area contributed by atoms with E-state index in [-0.39, 0.29) is 0 Å². The Morgan fingerprint density at radius 2 is 1.18 bits per heavy atom. The highest BCUT2D eigenvalue weighted by molar-refractivity contribution is 6.10. The van der Waals surface area contributed by atoms with Gasteiger partial charge in [0.05, 0.1) is 27.8 Å². The number of pyridine rings is 1. The van der Waals surface area contributed by atoms with E-state index in [0.717, 1.165) is 23.9 Å². The van der Waals surface area contributed by atoms with Gasteiger partial charge in [-0.3, -0.25) is 4.98 Å². The minimum atomic E-state index is 0.972. The maximum Gasteiger partial charge on any atom is 0.0923 e. The molecule has 0 saturated carbocycles. The molecular formula is C48H53N3. The van der Waals surface area contributed by atoms with Crippen molar-refractivity contribution in [1.82, 2.24) is 14.1 Å². The third-order valence-electron chi connectivity index (χ3n) is 8.87. The number of para-hydroxylation sites is 2. The van der Waals surface area contributed by atoms with E-state index in [1.54, 1.807) is 0 Å². The fourth-order valence-corrected chi connectivity index (χ4v) is 6.94. The summed E-state index contributed by atoms with van der Waals surface area (Å²) in [5, 5.41) is 5.07. The Labute approximate surface area is 304 Å². The lowest BCUT2D eigenvalue weighted by Crippen LogP contribution is -2.03. The summed E-state index contributed by atoms with van der Waals surface area (Å²) in [6, 6.07) is 46.1. The second kappa shape index (κ2) is 17.5. The van der Waals surface area contributed by atoms with Crippen LogP contribution in [0.15, 0.2) is 134 Å². The van der Waals surface area contributed by atoms with Crippen molar-refractivity contribution in [2.45, 2.75) is 74.7 Å². The number of hydrogen-bond acceptors (Lipinski definition) is 1. The van der Waals surface area contributed by atoms with Crippen LogP contribution in [0.5, 0.6) is 0 Å². The third-order valence-corrected chi connectivity index (χ3v) is 8.87. The van der Waals surface area contributed by atoms with E-state index in [9.17, 15) is 0 Å². The summed E-state index contributed by atoms with van der Waals surface area (Å²) in [6.45, 7) is 16.2. The van der Waals surface area contributed by atoms with Gasteiger partial charge >= 0.3 is 0 Å². The van der Waals surface area contributed by atoms with Crippen LogP contribution in [0.25, 0.3) is 66.6 Å². The second-order valence-electron chi connectivity index (χ2n) is 11.9. The van der Waals surface area contributed by atoms with Crippen molar-refractivity contribution in [1.29, 1.82) is 0 Å². The van der Waals surface area contributed by atoms with E-state index in [0.29, 0.717) is 0 Å². The topological polar surface area (TPSA) is 22.8 Å². The molecule has 3 nitrogen and oxygen atoms in total. The maximum absolute atomic E-state index is 4.82. The molecule has 260 valence electrons. The first-order valence-corrected chi connectivity index (χ1v) is 19.0. The van der Waals surface area contributed by atoms with Crippen LogP contribution in [0.3, 0.4) is 0 Å². The van der Waals surface area contributed by atoms with Crippen LogP contribution in [0.4, 0.5) is 0 Å². The maximum atomic E-state index is 4.82. The fraction of sp³-hybridized carbons (Fsp3) is 0.229. The summed E-state index contributed by atoms with van der Waals surface area (Å²) in [5.41, 5.74) is 12.3. The molecule has 0 amide bonds. The van der Waals surface area contributed by atoms with Gasteiger partial charge in [-0.25, -0.2) is 0 Å². The van der Waals surface area contributed by atoms with Crippen LogP contribution >= 0.6 is 0 Å². The van der Waals surface area contributed by atoms with Crippen LogP contribution in [-0.2, 0) is 6.42 Å². The minimum Gasteiger partial charge on any atom is -0.309 e. The first-order valence-electron chi connectivity index (χ1n) is 19.0. The first-order chi connectivity index (χ1) is 25.2. The Morgan fingerprint density at radius 3 is 1.94 bits per heavy atom. The molecule has 8 aromatic rings. The van der Waals surface area contributed by atoms with Crippen molar-refractivity contribution in [3.05, 3.63) is 150 Å². The Hall–Kier alpha value is -5.41. The van der Waals surface area contributed by atoms with Crippen molar-refractivity contribution in [2.24, 2.45) is 0 Å². The molecule has 1 aliphatic carbocycles. The molecule has 3 heteroatoms. The van der Waals surface area contributed by atoms with E-state index < -0.39 is 0 Å². The standard InChI is InChI=1S/C39H27N3.C3H8.3C2H6/c1-2-11-30(12-3-1)41-36-15-8-22-40-39(36)34-21-18-29(25-38(34)41)28-17-20-33-32-13-6-7-14-35(32)42(37(33)24-28)31-19-16-26-9-4-5-10-27(26)23-31;1-3-2;3*1-2/h1-17,19-20,22-25H,18,21H2;3H2,1-2H3;3*1-2H3. The van der Waals surface area contributed by atoms with E-state index in [1.165, 1.54) is 72.8 Å². The summed E-state index contributed by atoms with van der Waals surface area (Å²) in [6.07, 6.45) is 7.52. The average molecular weight is 672 g/mol. The van der Waals surface area contributed by atoms with Crippen molar-refractivity contribution in [3.63, 3.8) is 0 Å². The summed E-state index contributed by atoms with van der Waals surface area (Å²) in [4.78, 5) is 4.82. The van der Waals surface area contributed by atoms with Gasteiger partial charge in [0.25, 0.3) is 0 Å². The Kier molecular flexibility index (Phi) is 12.6. The Morgan fingerprint density at radius 1 is 0.529 bits per heavy atom. The summed E-state index contributed by atoms with van der Waals surface area (Å²) >= 11 is 0. The molecule has 9 rings (SSSR count). The van der Waals surface area contributed by atoms with E-state index in [4.69, 9.17) is 4.98 Å². The quantitative estimate of drug-likeness (QED) is 0.183. The lowest BCUT2D eigenvalue weighted by Gasteiger charge is -2.17. The van der Waals surface area contributed by atoms with Gasteiger partial charge in [-0.15, -0.1) is 0 Å². The van der Waals surface area contributed by atoms with Gasteiger partial charge < -0.3 is 9.13 Å². The summed E-state index contributed by atoms with van der Waals surface area (Å²) < 4.78 is 4.81. The molecule has 0 aliphatic heterocycles.